The lowest BCUT2D eigenvalue weighted by molar-refractivity contribution is -0.122. The Balaban J connectivity index is 2.31. The second kappa shape index (κ2) is 9.10. The lowest BCUT2D eigenvalue weighted by Gasteiger charge is -2.30. The standard InChI is InChI=1S/C21H28N2O4S/c1-6-19(21(24)22-14-17-9-7-8-10-20(17)27-4)23(28(5,25)26)18-12-15(2)11-16(3)13-18/h7-13,19H,6,14H2,1-5H3,(H,22,24)/t19-/m1/s1. The van der Waals surface area contributed by atoms with Gasteiger partial charge in [0, 0.05) is 12.1 Å². The monoisotopic (exact) mass is 404 g/mol. The van der Waals surface area contributed by atoms with Crippen molar-refractivity contribution in [2.45, 2.75) is 39.8 Å². The third-order valence-electron chi connectivity index (χ3n) is 4.44. The number of anilines is 1. The lowest BCUT2D eigenvalue weighted by Crippen LogP contribution is -2.49. The van der Waals surface area contributed by atoms with Gasteiger partial charge in [0.1, 0.15) is 11.8 Å². The van der Waals surface area contributed by atoms with Crippen LogP contribution < -0.4 is 14.4 Å². The molecule has 0 aliphatic rings. The molecule has 0 aliphatic heterocycles. The minimum absolute atomic E-state index is 0.254. The maximum atomic E-state index is 12.9. The number of carbonyl (C=O) groups is 1. The van der Waals surface area contributed by atoms with Crippen molar-refractivity contribution < 1.29 is 17.9 Å². The van der Waals surface area contributed by atoms with Crippen LogP contribution in [0.1, 0.15) is 30.0 Å². The molecule has 1 N–H and O–H groups in total. The predicted molar refractivity (Wildman–Crippen MR) is 112 cm³/mol. The summed E-state index contributed by atoms with van der Waals surface area (Å²) in [7, 11) is -2.09. The predicted octanol–water partition coefficient (Wildman–Crippen LogP) is 3.17. The quantitative estimate of drug-likeness (QED) is 0.733. The van der Waals surface area contributed by atoms with Gasteiger partial charge in [0.05, 0.1) is 19.1 Å². The molecule has 0 spiro atoms. The summed E-state index contributed by atoms with van der Waals surface area (Å²) in [5.74, 6) is 0.322. The Hall–Kier alpha value is -2.54. The molecule has 0 bridgehead atoms. The Kier molecular flexibility index (Phi) is 7.07. The van der Waals surface area contributed by atoms with Gasteiger partial charge in [0.25, 0.3) is 0 Å². The van der Waals surface area contributed by atoms with E-state index in [2.05, 4.69) is 5.32 Å². The van der Waals surface area contributed by atoms with Crippen molar-refractivity contribution in [3.8, 4) is 5.75 Å². The van der Waals surface area contributed by atoms with Crippen LogP contribution in [0.3, 0.4) is 0 Å². The highest BCUT2D eigenvalue weighted by Crippen LogP contribution is 2.25. The van der Waals surface area contributed by atoms with Gasteiger partial charge in [-0.1, -0.05) is 31.2 Å². The largest absolute Gasteiger partial charge is 0.496 e. The first-order chi connectivity index (χ1) is 13.2. The van der Waals surface area contributed by atoms with Gasteiger partial charge in [0.15, 0.2) is 0 Å². The van der Waals surface area contributed by atoms with Gasteiger partial charge in [-0.25, -0.2) is 8.42 Å². The van der Waals surface area contributed by atoms with Gasteiger partial charge in [-0.2, -0.15) is 0 Å². The van der Waals surface area contributed by atoms with Crippen LogP contribution in [0.4, 0.5) is 5.69 Å². The summed E-state index contributed by atoms with van der Waals surface area (Å²) in [5, 5.41) is 2.85. The minimum atomic E-state index is -3.66. The third kappa shape index (κ3) is 5.25. The second-order valence-electron chi connectivity index (χ2n) is 6.86. The number of nitrogens with one attached hydrogen (secondary N) is 1. The average molecular weight is 405 g/mol. The topological polar surface area (TPSA) is 75.7 Å². The number of sulfonamides is 1. The van der Waals surface area contributed by atoms with Crippen molar-refractivity contribution in [3.63, 3.8) is 0 Å². The van der Waals surface area contributed by atoms with Crippen molar-refractivity contribution in [2.24, 2.45) is 0 Å². The molecule has 152 valence electrons. The van der Waals surface area contributed by atoms with Crippen molar-refractivity contribution in [1.82, 2.24) is 5.32 Å². The number of amides is 1. The van der Waals surface area contributed by atoms with Gasteiger partial charge in [0.2, 0.25) is 15.9 Å². The smallest absolute Gasteiger partial charge is 0.244 e. The fourth-order valence-corrected chi connectivity index (χ4v) is 4.48. The molecule has 0 aliphatic carbocycles. The highest BCUT2D eigenvalue weighted by atomic mass is 32.2. The Labute approximate surface area is 167 Å². The maximum absolute atomic E-state index is 12.9. The number of ether oxygens (including phenoxy) is 1. The highest BCUT2D eigenvalue weighted by Gasteiger charge is 2.31. The first-order valence-corrected chi connectivity index (χ1v) is 11.0. The van der Waals surface area contributed by atoms with Crippen LogP contribution >= 0.6 is 0 Å². The summed E-state index contributed by atoms with van der Waals surface area (Å²) in [6.45, 7) is 5.86. The van der Waals surface area contributed by atoms with Gasteiger partial charge >= 0.3 is 0 Å². The Bertz CT molecular complexity index is 921. The number of para-hydroxylation sites is 1. The van der Waals surface area contributed by atoms with E-state index in [-0.39, 0.29) is 12.5 Å². The zero-order valence-corrected chi connectivity index (χ0v) is 17.8. The van der Waals surface area contributed by atoms with Gasteiger partial charge in [-0.3, -0.25) is 9.10 Å². The number of hydrogen-bond acceptors (Lipinski definition) is 4. The van der Waals surface area contributed by atoms with Gasteiger partial charge in [-0.15, -0.1) is 0 Å². The molecule has 0 saturated heterocycles. The van der Waals surface area contributed by atoms with E-state index in [1.165, 1.54) is 4.31 Å². The first kappa shape index (κ1) is 21.8. The molecule has 0 heterocycles. The zero-order valence-electron chi connectivity index (χ0n) is 17.0. The number of hydrogen-bond donors (Lipinski definition) is 1. The van der Waals surface area contributed by atoms with Crippen molar-refractivity contribution in [1.29, 1.82) is 0 Å². The van der Waals surface area contributed by atoms with Crippen molar-refractivity contribution in [2.75, 3.05) is 17.7 Å². The number of methoxy groups -OCH3 is 1. The summed E-state index contributed by atoms with van der Waals surface area (Å²) < 4.78 is 31.6. The molecule has 0 radical (unpaired) electrons. The second-order valence-corrected chi connectivity index (χ2v) is 8.72. The van der Waals surface area contributed by atoms with Crippen molar-refractivity contribution in [3.05, 3.63) is 59.2 Å². The van der Waals surface area contributed by atoms with E-state index in [1.54, 1.807) is 26.2 Å². The number of rotatable bonds is 8. The van der Waals surface area contributed by atoms with Gasteiger partial charge < -0.3 is 10.1 Å². The van der Waals surface area contributed by atoms with E-state index >= 15 is 0 Å². The average Bonchev–Trinajstić information content (AvgIpc) is 2.62. The number of benzene rings is 2. The van der Waals surface area contributed by atoms with Crippen LogP contribution in [0.2, 0.25) is 0 Å². The summed E-state index contributed by atoms with van der Waals surface area (Å²) in [5.41, 5.74) is 3.20. The fourth-order valence-electron chi connectivity index (χ4n) is 3.29. The number of carbonyl (C=O) groups excluding carboxylic acids is 1. The lowest BCUT2D eigenvalue weighted by atomic mass is 10.1. The molecule has 1 amide bonds. The van der Waals surface area contributed by atoms with E-state index in [0.29, 0.717) is 17.9 Å². The normalized spacial score (nSPS) is 12.3. The summed E-state index contributed by atoms with van der Waals surface area (Å²) >= 11 is 0. The molecule has 0 fully saturated rings. The van der Waals surface area contributed by atoms with Crippen LogP contribution in [-0.4, -0.2) is 33.7 Å². The molecule has 0 unspecified atom stereocenters. The Morgan fingerprint density at radius 1 is 1.14 bits per heavy atom. The molecule has 0 aromatic heterocycles. The molecule has 7 heteroatoms. The van der Waals surface area contributed by atoms with Crippen LogP contribution in [0.15, 0.2) is 42.5 Å². The molecule has 28 heavy (non-hydrogen) atoms. The van der Waals surface area contributed by atoms with E-state index in [1.807, 2.05) is 44.2 Å². The molecule has 2 rings (SSSR count). The van der Waals surface area contributed by atoms with Gasteiger partial charge in [-0.05, 0) is 49.6 Å². The minimum Gasteiger partial charge on any atom is -0.496 e. The molecular formula is C21H28N2O4S. The summed E-state index contributed by atoms with van der Waals surface area (Å²) in [6, 6.07) is 12.1. The van der Waals surface area contributed by atoms with Crippen LogP contribution in [0.25, 0.3) is 0 Å². The summed E-state index contributed by atoms with van der Waals surface area (Å²) in [6.07, 6.45) is 1.47. The van der Waals surface area contributed by atoms with Crippen LogP contribution in [0, 0.1) is 13.8 Å². The third-order valence-corrected chi connectivity index (χ3v) is 5.62. The molecule has 1 atom stereocenters. The van der Waals surface area contributed by atoms with Crippen LogP contribution in [-0.2, 0) is 21.4 Å². The fraction of sp³-hybridized carbons (Fsp3) is 0.381. The molecule has 6 nitrogen and oxygen atoms in total. The SMILES string of the molecule is CC[C@H](C(=O)NCc1ccccc1OC)N(c1cc(C)cc(C)c1)S(C)(=O)=O. The highest BCUT2D eigenvalue weighted by molar-refractivity contribution is 7.92. The van der Waals surface area contributed by atoms with E-state index in [4.69, 9.17) is 4.74 Å². The molecule has 2 aromatic rings. The summed E-state index contributed by atoms with van der Waals surface area (Å²) in [4.78, 5) is 12.9. The zero-order chi connectivity index (χ0) is 20.9. The first-order valence-electron chi connectivity index (χ1n) is 9.14. The maximum Gasteiger partial charge on any atom is 0.244 e. The number of nitrogens with zero attached hydrogens (tertiary/aromatic N) is 1. The molecule has 0 saturated carbocycles. The number of aryl methyl sites for hydroxylation is 2. The van der Waals surface area contributed by atoms with Crippen molar-refractivity contribution >= 4 is 21.6 Å². The van der Waals surface area contributed by atoms with E-state index in [9.17, 15) is 13.2 Å². The molecular weight excluding hydrogens is 376 g/mol. The van der Waals surface area contributed by atoms with E-state index < -0.39 is 16.1 Å². The van der Waals surface area contributed by atoms with E-state index in [0.717, 1.165) is 22.9 Å². The van der Waals surface area contributed by atoms with Crippen LogP contribution in [0.5, 0.6) is 5.75 Å². The Morgan fingerprint density at radius 2 is 1.75 bits per heavy atom. The molecule has 2 aromatic carbocycles. The Morgan fingerprint density at radius 3 is 2.29 bits per heavy atom.